The molecule has 6 heteroatoms. The van der Waals surface area contributed by atoms with Crippen LogP contribution in [0.15, 0.2) is 36.4 Å². The maximum absolute atomic E-state index is 11.6. The van der Waals surface area contributed by atoms with Gasteiger partial charge in [-0.15, -0.1) is 0 Å². The zero-order chi connectivity index (χ0) is 18.5. The molecule has 0 aliphatic rings. The van der Waals surface area contributed by atoms with E-state index in [-0.39, 0.29) is 18.0 Å². The number of benzene rings is 1. The van der Waals surface area contributed by atoms with E-state index in [4.69, 9.17) is 14.2 Å². The van der Waals surface area contributed by atoms with Gasteiger partial charge in [0.2, 0.25) is 0 Å². The molecule has 0 aliphatic carbocycles. The van der Waals surface area contributed by atoms with Crippen molar-refractivity contribution in [2.75, 3.05) is 25.6 Å². The Bertz CT molecular complexity index is 553. The van der Waals surface area contributed by atoms with Crippen molar-refractivity contribution in [1.82, 2.24) is 0 Å². The van der Waals surface area contributed by atoms with Crippen LogP contribution in [-0.2, 0) is 19.1 Å². The van der Waals surface area contributed by atoms with Crippen LogP contribution in [0.3, 0.4) is 0 Å². The monoisotopic (exact) mass is 349 g/mol. The molecule has 0 fully saturated rings. The van der Waals surface area contributed by atoms with Crippen molar-refractivity contribution < 1.29 is 23.8 Å². The predicted octanol–water partition coefficient (Wildman–Crippen LogP) is 3.33. The summed E-state index contributed by atoms with van der Waals surface area (Å²) in [7, 11) is 1.62. The van der Waals surface area contributed by atoms with Gasteiger partial charge in [0.15, 0.2) is 0 Å². The lowest BCUT2D eigenvalue weighted by Gasteiger charge is -2.18. The number of carbonyl (C=O) groups is 2. The summed E-state index contributed by atoms with van der Waals surface area (Å²) < 4.78 is 15.0. The number of ether oxygens (including phenoxy) is 3. The standard InChI is InChI=1S/C19H27NO5/c1-4-24-18(21)8-6-7-15(11-14-19(22)25-5-2)20-16-9-12-17(23-3)13-10-16/h6,8-10,12-13,15,20H,4-5,7,11,14H2,1-3H3/b8-6+/t15-/m0/s1. The molecule has 0 amide bonds. The van der Waals surface area contributed by atoms with Crippen LogP contribution in [0.2, 0.25) is 0 Å². The Morgan fingerprint density at radius 2 is 1.80 bits per heavy atom. The Labute approximate surface area is 149 Å². The largest absolute Gasteiger partial charge is 0.497 e. The first kappa shape index (κ1) is 20.5. The Balaban J connectivity index is 2.65. The average molecular weight is 349 g/mol. The molecule has 1 aromatic rings. The second kappa shape index (κ2) is 11.9. The first-order valence-corrected chi connectivity index (χ1v) is 8.48. The van der Waals surface area contributed by atoms with Gasteiger partial charge in [-0.3, -0.25) is 4.79 Å². The van der Waals surface area contributed by atoms with E-state index in [1.54, 1.807) is 27.0 Å². The van der Waals surface area contributed by atoms with Crippen molar-refractivity contribution >= 4 is 17.6 Å². The first-order chi connectivity index (χ1) is 12.1. The summed E-state index contributed by atoms with van der Waals surface area (Å²) in [6.45, 7) is 4.27. The molecule has 0 unspecified atom stereocenters. The smallest absolute Gasteiger partial charge is 0.330 e. The summed E-state index contributed by atoms with van der Waals surface area (Å²) in [5.41, 5.74) is 0.916. The maximum Gasteiger partial charge on any atom is 0.330 e. The Hall–Kier alpha value is -2.50. The molecule has 138 valence electrons. The molecule has 0 radical (unpaired) electrons. The number of hydrogen-bond acceptors (Lipinski definition) is 6. The zero-order valence-electron chi connectivity index (χ0n) is 15.1. The number of hydrogen-bond donors (Lipinski definition) is 1. The number of esters is 2. The third-order valence-electron chi connectivity index (χ3n) is 3.42. The minimum Gasteiger partial charge on any atom is -0.497 e. The Kier molecular flexibility index (Phi) is 9.82. The molecular weight excluding hydrogens is 322 g/mol. The molecule has 0 saturated carbocycles. The molecule has 1 aromatic carbocycles. The molecule has 0 aliphatic heterocycles. The number of methoxy groups -OCH3 is 1. The van der Waals surface area contributed by atoms with E-state index in [2.05, 4.69) is 5.32 Å². The van der Waals surface area contributed by atoms with Crippen LogP contribution < -0.4 is 10.1 Å². The van der Waals surface area contributed by atoms with Gasteiger partial charge in [0.1, 0.15) is 5.75 Å². The van der Waals surface area contributed by atoms with Crippen molar-refractivity contribution in [3.05, 3.63) is 36.4 Å². The topological polar surface area (TPSA) is 73.9 Å². The molecular formula is C19H27NO5. The van der Waals surface area contributed by atoms with E-state index >= 15 is 0 Å². The molecule has 0 saturated heterocycles. The minimum atomic E-state index is -0.365. The van der Waals surface area contributed by atoms with Gasteiger partial charge in [-0.1, -0.05) is 6.08 Å². The molecule has 0 spiro atoms. The molecule has 0 heterocycles. The van der Waals surface area contributed by atoms with Crippen LogP contribution in [0, 0.1) is 0 Å². The second-order valence-electron chi connectivity index (χ2n) is 5.30. The average Bonchev–Trinajstić information content (AvgIpc) is 2.60. The second-order valence-corrected chi connectivity index (χ2v) is 5.30. The van der Waals surface area contributed by atoms with E-state index < -0.39 is 0 Å². The van der Waals surface area contributed by atoms with Gasteiger partial charge in [0.25, 0.3) is 0 Å². The minimum absolute atomic E-state index is 0.0107. The van der Waals surface area contributed by atoms with Crippen LogP contribution in [0.25, 0.3) is 0 Å². The van der Waals surface area contributed by atoms with Gasteiger partial charge >= 0.3 is 11.9 Å². The highest BCUT2D eigenvalue weighted by molar-refractivity contribution is 5.81. The van der Waals surface area contributed by atoms with Crippen molar-refractivity contribution in [2.24, 2.45) is 0 Å². The van der Waals surface area contributed by atoms with E-state index in [0.717, 1.165) is 11.4 Å². The highest BCUT2D eigenvalue weighted by Crippen LogP contribution is 2.18. The van der Waals surface area contributed by atoms with Crippen molar-refractivity contribution in [3.63, 3.8) is 0 Å². The van der Waals surface area contributed by atoms with Gasteiger partial charge in [0, 0.05) is 24.2 Å². The Morgan fingerprint density at radius 3 is 2.40 bits per heavy atom. The SMILES string of the molecule is CCOC(=O)/C=C/C[C@@H](CCC(=O)OCC)Nc1ccc(OC)cc1. The third kappa shape index (κ3) is 8.79. The van der Waals surface area contributed by atoms with Gasteiger partial charge in [-0.25, -0.2) is 4.79 Å². The van der Waals surface area contributed by atoms with Crippen LogP contribution in [0.1, 0.15) is 33.1 Å². The van der Waals surface area contributed by atoms with E-state index in [9.17, 15) is 9.59 Å². The van der Waals surface area contributed by atoms with Crippen LogP contribution in [0.5, 0.6) is 5.75 Å². The van der Waals surface area contributed by atoms with Crippen LogP contribution >= 0.6 is 0 Å². The summed E-state index contributed by atoms with van der Waals surface area (Å²) in [6.07, 6.45) is 4.66. The molecule has 0 aromatic heterocycles. The summed E-state index contributed by atoms with van der Waals surface area (Å²) in [5.74, 6) is 0.185. The lowest BCUT2D eigenvalue weighted by Crippen LogP contribution is -2.21. The fourth-order valence-corrected chi connectivity index (χ4v) is 2.22. The Morgan fingerprint density at radius 1 is 1.12 bits per heavy atom. The summed E-state index contributed by atoms with van der Waals surface area (Å²) in [4.78, 5) is 23.0. The zero-order valence-corrected chi connectivity index (χ0v) is 15.1. The molecule has 0 bridgehead atoms. The number of nitrogens with one attached hydrogen (secondary N) is 1. The third-order valence-corrected chi connectivity index (χ3v) is 3.42. The highest BCUT2D eigenvalue weighted by Gasteiger charge is 2.11. The van der Waals surface area contributed by atoms with E-state index in [1.165, 1.54) is 6.08 Å². The lowest BCUT2D eigenvalue weighted by atomic mass is 10.1. The fraction of sp³-hybridized carbons (Fsp3) is 0.474. The van der Waals surface area contributed by atoms with E-state index in [1.807, 2.05) is 24.3 Å². The molecule has 1 N–H and O–H groups in total. The summed E-state index contributed by atoms with van der Waals surface area (Å²) in [6, 6.07) is 7.53. The molecule has 1 rings (SSSR count). The van der Waals surface area contributed by atoms with Crippen LogP contribution in [-0.4, -0.2) is 38.3 Å². The summed E-state index contributed by atoms with van der Waals surface area (Å²) in [5, 5.41) is 3.37. The van der Waals surface area contributed by atoms with Gasteiger partial charge < -0.3 is 19.5 Å². The predicted molar refractivity (Wildman–Crippen MR) is 96.7 cm³/mol. The quantitative estimate of drug-likeness (QED) is 0.488. The van der Waals surface area contributed by atoms with Crippen molar-refractivity contribution in [3.8, 4) is 5.75 Å². The van der Waals surface area contributed by atoms with Crippen molar-refractivity contribution in [2.45, 2.75) is 39.2 Å². The summed E-state index contributed by atoms with van der Waals surface area (Å²) >= 11 is 0. The molecule has 6 nitrogen and oxygen atoms in total. The first-order valence-electron chi connectivity index (χ1n) is 8.48. The van der Waals surface area contributed by atoms with Gasteiger partial charge in [-0.05, 0) is 51.0 Å². The van der Waals surface area contributed by atoms with Gasteiger partial charge in [0.05, 0.1) is 20.3 Å². The maximum atomic E-state index is 11.6. The number of carbonyl (C=O) groups excluding carboxylic acids is 2. The number of rotatable bonds is 11. The lowest BCUT2D eigenvalue weighted by molar-refractivity contribution is -0.143. The fourth-order valence-electron chi connectivity index (χ4n) is 2.22. The number of anilines is 1. The molecule has 25 heavy (non-hydrogen) atoms. The molecule has 1 atom stereocenters. The highest BCUT2D eigenvalue weighted by atomic mass is 16.5. The van der Waals surface area contributed by atoms with Gasteiger partial charge in [-0.2, -0.15) is 0 Å². The van der Waals surface area contributed by atoms with Crippen LogP contribution in [0.4, 0.5) is 5.69 Å². The van der Waals surface area contributed by atoms with Crippen molar-refractivity contribution in [1.29, 1.82) is 0 Å². The normalized spacial score (nSPS) is 11.8. The van der Waals surface area contributed by atoms with E-state index in [0.29, 0.717) is 32.5 Å².